The van der Waals surface area contributed by atoms with Gasteiger partial charge in [0, 0.05) is 30.5 Å². The van der Waals surface area contributed by atoms with Crippen LogP contribution in [-0.4, -0.2) is 56.4 Å². The van der Waals surface area contributed by atoms with Crippen LogP contribution in [0.4, 0.5) is 0 Å². The first-order valence-corrected chi connectivity index (χ1v) is 10.5. The molecule has 1 amide bonds. The van der Waals surface area contributed by atoms with E-state index in [9.17, 15) is 9.59 Å². The number of aromatic nitrogens is 3. The zero-order valence-electron chi connectivity index (χ0n) is 16.3. The van der Waals surface area contributed by atoms with Crippen LogP contribution in [-0.2, 0) is 16.1 Å². The first-order chi connectivity index (χ1) is 13.5. The summed E-state index contributed by atoms with van der Waals surface area (Å²) in [7, 11) is 0. The lowest BCUT2D eigenvalue weighted by Crippen LogP contribution is -2.48. The molecule has 1 N–H and O–H groups in total. The molecule has 7 nitrogen and oxygen atoms in total. The van der Waals surface area contributed by atoms with E-state index in [-0.39, 0.29) is 29.4 Å². The second-order valence-corrected chi connectivity index (χ2v) is 8.13. The molecule has 0 spiro atoms. The van der Waals surface area contributed by atoms with E-state index in [1.807, 2.05) is 49.9 Å². The molecule has 3 aromatic rings. The van der Waals surface area contributed by atoms with E-state index in [2.05, 4.69) is 4.98 Å². The van der Waals surface area contributed by atoms with Gasteiger partial charge in [0.2, 0.25) is 5.91 Å². The highest BCUT2D eigenvalue weighted by Gasteiger charge is 2.26. The summed E-state index contributed by atoms with van der Waals surface area (Å²) in [5, 5.41) is 1.49. The molecule has 2 aromatic heterocycles. The van der Waals surface area contributed by atoms with Gasteiger partial charge in [-0.15, -0.1) is 0 Å². The van der Waals surface area contributed by atoms with Crippen molar-refractivity contribution in [3.8, 4) is 0 Å². The van der Waals surface area contributed by atoms with Gasteiger partial charge in [-0.2, -0.15) is 0 Å². The predicted octanol–water partition coefficient (Wildman–Crippen LogP) is 2.63. The van der Waals surface area contributed by atoms with Crippen LogP contribution in [0.5, 0.6) is 0 Å². The molecule has 0 unspecified atom stereocenters. The molecule has 3 heterocycles. The van der Waals surface area contributed by atoms with Crippen molar-refractivity contribution in [2.45, 2.75) is 44.7 Å². The van der Waals surface area contributed by atoms with Crippen LogP contribution >= 0.6 is 11.8 Å². The van der Waals surface area contributed by atoms with Crippen molar-refractivity contribution in [2.24, 2.45) is 0 Å². The highest BCUT2D eigenvalue weighted by molar-refractivity contribution is 7.99. The van der Waals surface area contributed by atoms with Gasteiger partial charge in [-0.25, -0.2) is 4.98 Å². The number of aromatic amines is 1. The molecule has 0 aliphatic carbocycles. The first kappa shape index (κ1) is 19.0. The number of carbonyl (C=O) groups is 1. The topological polar surface area (TPSA) is 80.2 Å². The molecule has 148 valence electrons. The Balaban J connectivity index is 1.63. The number of nitrogens with one attached hydrogen (secondary N) is 1. The van der Waals surface area contributed by atoms with E-state index in [1.165, 1.54) is 11.8 Å². The lowest BCUT2D eigenvalue weighted by atomic mass is 10.2. The summed E-state index contributed by atoms with van der Waals surface area (Å²) in [5.74, 6) is 0.294. The third kappa shape index (κ3) is 3.42. The fourth-order valence-corrected chi connectivity index (χ4v) is 4.72. The van der Waals surface area contributed by atoms with Crippen molar-refractivity contribution >= 4 is 39.6 Å². The number of rotatable bonds is 4. The van der Waals surface area contributed by atoms with Crippen LogP contribution in [0, 0.1) is 0 Å². The Morgan fingerprint density at radius 1 is 1.29 bits per heavy atom. The quantitative estimate of drug-likeness (QED) is 0.538. The number of hydrogen-bond donors (Lipinski definition) is 1. The Morgan fingerprint density at radius 2 is 2.00 bits per heavy atom. The van der Waals surface area contributed by atoms with Crippen molar-refractivity contribution in [1.29, 1.82) is 0 Å². The first-order valence-electron chi connectivity index (χ1n) is 9.55. The van der Waals surface area contributed by atoms with Crippen LogP contribution in [0.15, 0.2) is 34.2 Å². The molecule has 1 aliphatic heterocycles. The number of amides is 1. The Labute approximate surface area is 167 Å². The normalized spacial score (nSPS) is 20.2. The second-order valence-electron chi connectivity index (χ2n) is 7.18. The van der Waals surface area contributed by atoms with E-state index in [4.69, 9.17) is 9.72 Å². The predicted molar refractivity (Wildman–Crippen MR) is 111 cm³/mol. The number of H-pyrrole nitrogens is 1. The van der Waals surface area contributed by atoms with Crippen LogP contribution in [0.3, 0.4) is 0 Å². The van der Waals surface area contributed by atoms with Crippen molar-refractivity contribution in [3.05, 3.63) is 34.6 Å². The lowest BCUT2D eigenvalue weighted by molar-refractivity contribution is -0.140. The van der Waals surface area contributed by atoms with Crippen molar-refractivity contribution in [1.82, 2.24) is 19.4 Å². The van der Waals surface area contributed by atoms with Gasteiger partial charge in [0.25, 0.3) is 5.56 Å². The van der Waals surface area contributed by atoms with Gasteiger partial charge in [-0.3, -0.25) is 14.2 Å². The fraction of sp³-hybridized carbons (Fsp3) is 0.450. The Hall–Kier alpha value is -2.32. The molecule has 28 heavy (non-hydrogen) atoms. The molecular weight excluding hydrogens is 376 g/mol. The molecule has 1 fully saturated rings. The van der Waals surface area contributed by atoms with Crippen LogP contribution in [0.25, 0.3) is 21.9 Å². The smallest absolute Gasteiger partial charge is 0.278 e. The third-order valence-corrected chi connectivity index (χ3v) is 5.95. The maximum atomic E-state index is 12.9. The Bertz CT molecular complexity index is 1080. The summed E-state index contributed by atoms with van der Waals surface area (Å²) in [6, 6.07) is 7.74. The average Bonchev–Trinajstić information content (AvgIpc) is 3.04. The summed E-state index contributed by atoms with van der Waals surface area (Å²) in [4.78, 5) is 35.4. The Kier molecular flexibility index (Phi) is 5.16. The Morgan fingerprint density at radius 3 is 2.71 bits per heavy atom. The zero-order valence-corrected chi connectivity index (χ0v) is 17.1. The molecule has 2 atom stereocenters. The highest BCUT2D eigenvalue weighted by atomic mass is 32.2. The summed E-state index contributed by atoms with van der Waals surface area (Å²) < 4.78 is 7.33. The number of para-hydroxylation sites is 1. The standard InChI is InChI=1S/C20H24N4O3S/c1-4-24-19(26)18-17(14-7-5-6-8-15(14)21-18)22-20(24)28-11-16(25)23-9-12(2)27-13(3)10-23/h5-8,12-13,21H,4,9-11H2,1-3H3/t12-,13-/m1/s1. The number of morpholine rings is 1. The van der Waals surface area contributed by atoms with E-state index in [0.29, 0.717) is 35.8 Å². The summed E-state index contributed by atoms with van der Waals surface area (Å²) in [6.07, 6.45) is 0.0689. The second kappa shape index (κ2) is 7.60. The molecule has 1 aliphatic rings. The molecule has 8 heteroatoms. The van der Waals surface area contributed by atoms with Gasteiger partial charge >= 0.3 is 0 Å². The van der Waals surface area contributed by atoms with E-state index < -0.39 is 0 Å². The van der Waals surface area contributed by atoms with Crippen LogP contribution in [0.2, 0.25) is 0 Å². The molecule has 4 rings (SSSR count). The molecule has 1 aromatic carbocycles. The number of hydrogen-bond acceptors (Lipinski definition) is 5. The van der Waals surface area contributed by atoms with Gasteiger partial charge in [-0.1, -0.05) is 30.0 Å². The monoisotopic (exact) mass is 400 g/mol. The summed E-state index contributed by atoms with van der Waals surface area (Å²) >= 11 is 1.32. The van der Waals surface area contributed by atoms with Gasteiger partial charge in [-0.05, 0) is 26.8 Å². The van der Waals surface area contributed by atoms with E-state index in [1.54, 1.807) is 4.57 Å². The van der Waals surface area contributed by atoms with Crippen molar-refractivity contribution in [2.75, 3.05) is 18.8 Å². The fourth-order valence-electron chi connectivity index (χ4n) is 3.76. The number of carbonyl (C=O) groups excluding carboxylic acids is 1. The number of thioether (sulfide) groups is 1. The molecule has 1 saturated heterocycles. The zero-order chi connectivity index (χ0) is 19.8. The molecule has 0 saturated carbocycles. The minimum absolute atomic E-state index is 0.0345. The summed E-state index contributed by atoms with van der Waals surface area (Å²) in [5.41, 5.74) is 1.95. The van der Waals surface area contributed by atoms with Crippen LogP contribution in [0.1, 0.15) is 20.8 Å². The van der Waals surface area contributed by atoms with Gasteiger partial charge in [0.15, 0.2) is 5.16 Å². The van der Waals surface area contributed by atoms with E-state index >= 15 is 0 Å². The maximum absolute atomic E-state index is 12.9. The summed E-state index contributed by atoms with van der Waals surface area (Å²) in [6.45, 7) is 7.56. The SMILES string of the molecule is CCn1c(SCC(=O)N2C[C@@H](C)O[C@H](C)C2)nc2c([nH]c3ccccc32)c1=O. The molecule has 0 radical (unpaired) electrons. The number of benzene rings is 1. The number of fused-ring (bicyclic) bond motifs is 3. The lowest BCUT2D eigenvalue weighted by Gasteiger charge is -2.35. The highest BCUT2D eigenvalue weighted by Crippen LogP contribution is 2.25. The largest absolute Gasteiger partial charge is 0.372 e. The number of ether oxygens (including phenoxy) is 1. The van der Waals surface area contributed by atoms with Gasteiger partial charge < -0.3 is 14.6 Å². The minimum Gasteiger partial charge on any atom is -0.372 e. The van der Waals surface area contributed by atoms with Crippen LogP contribution < -0.4 is 5.56 Å². The minimum atomic E-state index is -0.104. The maximum Gasteiger partial charge on any atom is 0.278 e. The molecule has 0 bridgehead atoms. The van der Waals surface area contributed by atoms with Crippen molar-refractivity contribution < 1.29 is 9.53 Å². The van der Waals surface area contributed by atoms with E-state index in [0.717, 1.165) is 10.9 Å². The van der Waals surface area contributed by atoms with Gasteiger partial charge in [0.05, 0.1) is 18.0 Å². The number of nitrogens with zero attached hydrogens (tertiary/aromatic N) is 3. The van der Waals surface area contributed by atoms with Crippen molar-refractivity contribution in [3.63, 3.8) is 0 Å². The van der Waals surface area contributed by atoms with Gasteiger partial charge in [0.1, 0.15) is 11.0 Å². The molecular formula is C20H24N4O3S. The third-order valence-electron chi connectivity index (χ3n) is 4.99. The average molecular weight is 401 g/mol.